The van der Waals surface area contributed by atoms with E-state index in [1.807, 2.05) is 6.92 Å². The monoisotopic (exact) mass is 417 g/mol. The summed E-state index contributed by atoms with van der Waals surface area (Å²) in [6, 6.07) is 17.4. The molecule has 0 saturated heterocycles. The van der Waals surface area contributed by atoms with Crippen LogP contribution in [-0.2, 0) is 13.0 Å². The fourth-order valence-corrected chi connectivity index (χ4v) is 4.32. The molecule has 0 spiro atoms. The number of aryl methyl sites for hydroxylation is 1. The predicted molar refractivity (Wildman–Crippen MR) is 125 cm³/mol. The molecule has 2 heterocycles. The molecule has 31 heavy (non-hydrogen) atoms. The van der Waals surface area contributed by atoms with Crippen molar-refractivity contribution in [3.8, 4) is 11.5 Å². The van der Waals surface area contributed by atoms with Gasteiger partial charge >= 0.3 is 0 Å². The van der Waals surface area contributed by atoms with Crippen molar-refractivity contribution in [3.05, 3.63) is 88.4 Å². The molecule has 0 aliphatic carbocycles. The van der Waals surface area contributed by atoms with Gasteiger partial charge in [-0.05, 0) is 73.7 Å². The van der Waals surface area contributed by atoms with Crippen molar-refractivity contribution in [1.29, 1.82) is 0 Å². The lowest BCUT2D eigenvalue weighted by Gasteiger charge is -2.37. The number of hydrogen-bond donors (Lipinski definition) is 0. The Kier molecular flexibility index (Phi) is 6.19. The van der Waals surface area contributed by atoms with Gasteiger partial charge in [-0.25, -0.2) is 0 Å². The Morgan fingerprint density at radius 1 is 1.06 bits per heavy atom. The van der Waals surface area contributed by atoms with E-state index in [0.717, 1.165) is 48.1 Å². The number of ether oxygens (including phenoxy) is 2. The van der Waals surface area contributed by atoms with Crippen LogP contribution in [0.3, 0.4) is 0 Å². The first-order valence-corrected chi connectivity index (χ1v) is 10.8. The zero-order chi connectivity index (χ0) is 22.0. The van der Waals surface area contributed by atoms with Gasteiger partial charge in [0.1, 0.15) is 11.5 Å². The third-order valence-electron chi connectivity index (χ3n) is 6.21. The number of hydrogen-bond acceptors (Lipinski definition) is 4. The molecule has 1 atom stereocenters. The second kappa shape index (κ2) is 9.03. The second-order valence-corrected chi connectivity index (χ2v) is 8.18. The topological polar surface area (TPSA) is 34.8 Å². The molecule has 0 N–H and O–H groups in total. The Hall–Kier alpha value is -2.98. The third kappa shape index (κ3) is 4.26. The van der Waals surface area contributed by atoms with Crippen LogP contribution in [0.5, 0.6) is 11.5 Å². The van der Waals surface area contributed by atoms with Gasteiger partial charge < -0.3 is 13.9 Å². The van der Waals surface area contributed by atoms with Gasteiger partial charge in [-0.15, -0.1) is 0 Å². The van der Waals surface area contributed by atoms with Gasteiger partial charge in [-0.3, -0.25) is 4.90 Å². The molecule has 4 nitrogen and oxygen atoms in total. The maximum atomic E-state index is 6.16. The summed E-state index contributed by atoms with van der Waals surface area (Å²) >= 11 is 0. The molecule has 1 aliphatic rings. The van der Waals surface area contributed by atoms with Crippen LogP contribution in [0.1, 0.15) is 53.7 Å². The van der Waals surface area contributed by atoms with Crippen molar-refractivity contribution in [2.45, 2.75) is 39.8 Å². The standard InChI is InChI=1S/C27H31NO3/c1-6-19(3)24-12-11-22(31-24)17-28-14-13-21-15-25(29-4)26(30-5)16-23(21)27(28)20-9-7-18(2)8-10-20/h6-12,15-16,27H,13-14,17H2,1-5H3/b19-6+. The van der Waals surface area contributed by atoms with Crippen LogP contribution in [0.15, 0.2) is 59.0 Å². The first kappa shape index (κ1) is 21.3. The fourth-order valence-electron chi connectivity index (χ4n) is 4.32. The van der Waals surface area contributed by atoms with Crippen LogP contribution in [0.2, 0.25) is 0 Å². The third-order valence-corrected chi connectivity index (χ3v) is 6.21. The van der Waals surface area contributed by atoms with Gasteiger partial charge in [0.15, 0.2) is 11.5 Å². The minimum absolute atomic E-state index is 0.125. The summed E-state index contributed by atoms with van der Waals surface area (Å²) in [6.45, 7) is 7.93. The number of nitrogens with zero attached hydrogens (tertiary/aromatic N) is 1. The predicted octanol–water partition coefficient (Wildman–Crippen LogP) is 6.18. The van der Waals surface area contributed by atoms with E-state index in [0.29, 0.717) is 0 Å². The molecular formula is C27H31NO3. The zero-order valence-electron chi connectivity index (χ0n) is 19.1. The Bertz CT molecular complexity index is 1080. The van der Waals surface area contributed by atoms with Gasteiger partial charge in [0.2, 0.25) is 0 Å². The average Bonchev–Trinajstić information content (AvgIpc) is 3.26. The number of fused-ring (bicyclic) bond motifs is 1. The van der Waals surface area contributed by atoms with Gasteiger partial charge in [0.25, 0.3) is 0 Å². The number of rotatable bonds is 6. The molecule has 1 aliphatic heterocycles. The molecule has 0 radical (unpaired) electrons. The summed E-state index contributed by atoms with van der Waals surface area (Å²) in [4.78, 5) is 2.49. The largest absolute Gasteiger partial charge is 0.493 e. The number of methoxy groups -OCH3 is 2. The molecule has 0 fully saturated rings. The second-order valence-electron chi connectivity index (χ2n) is 8.18. The van der Waals surface area contributed by atoms with E-state index in [4.69, 9.17) is 13.9 Å². The molecule has 0 amide bonds. The van der Waals surface area contributed by atoms with Crippen molar-refractivity contribution in [2.24, 2.45) is 0 Å². The van der Waals surface area contributed by atoms with Crippen LogP contribution in [0, 0.1) is 6.92 Å². The lowest BCUT2D eigenvalue weighted by atomic mass is 9.87. The Balaban J connectivity index is 1.75. The van der Waals surface area contributed by atoms with Crippen LogP contribution in [-0.4, -0.2) is 25.7 Å². The van der Waals surface area contributed by atoms with Gasteiger partial charge in [-0.2, -0.15) is 0 Å². The quantitative estimate of drug-likeness (QED) is 0.480. The molecule has 4 rings (SSSR count). The maximum absolute atomic E-state index is 6.16. The normalized spacial score (nSPS) is 16.8. The lowest BCUT2D eigenvalue weighted by molar-refractivity contribution is 0.188. The van der Waals surface area contributed by atoms with E-state index in [1.165, 1.54) is 22.3 Å². The van der Waals surface area contributed by atoms with Gasteiger partial charge in [-0.1, -0.05) is 35.9 Å². The number of allylic oxidation sites excluding steroid dienone is 2. The smallest absolute Gasteiger partial charge is 0.161 e. The molecule has 3 aromatic rings. The summed E-state index contributed by atoms with van der Waals surface area (Å²) in [7, 11) is 3.39. The molecule has 0 saturated carbocycles. The molecule has 2 aromatic carbocycles. The Morgan fingerprint density at radius 2 is 1.77 bits per heavy atom. The summed E-state index contributed by atoms with van der Waals surface area (Å²) in [6.07, 6.45) is 3.04. The highest BCUT2D eigenvalue weighted by atomic mass is 16.5. The highest BCUT2D eigenvalue weighted by molar-refractivity contribution is 5.58. The summed E-state index contributed by atoms with van der Waals surface area (Å²) < 4.78 is 17.3. The minimum Gasteiger partial charge on any atom is -0.493 e. The van der Waals surface area contributed by atoms with Crippen molar-refractivity contribution in [2.75, 3.05) is 20.8 Å². The highest BCUT2D eigenvalue weighted by Gasteiger charge is 2.31. The van der Waals surface area contributed by atoms with E-state index in [1.54, 1.807) is 14.2 Å². The van der Waals surface area contributed by atoms with Gasteiger partial charge in [0.05, 0.1) is 26.8 Å². The molecular weight excluding hydrogens is 386 g/mol. The summed E-state index contributed by atoms with van der Waals surface area (Å²) in [5, 5.41) is 0. The number of furan rings is 1. The van der Waals surface area contributed by atoms with E-state index in [2.05, 4.69) is 73.4 Å². The molecule has 1 unspecified atom stereocenters. The van der Waals surface area contributed by atoms with Crippen molar-refractivity contribution in [1.82, 2.24) is 4.90 Å². The highest BCUT2D eigenvalue weighted by Crippen LogP contribution is 2.41. The molecule has 1 aromatic heterocycles. The van der Waals surface area contributed by atoms with E-state index < -0.39 is 0 Å². The van der Waals surface area contributed by atoms with Crippen LogP contribution >= 0.6 is 0 Å². The fraction of sp³-hybridized carbons (Fsp3) is 0.333. The molecule has 0 bridgehead atoms. The van der Waals surface area contributed by atoms with Crippen molar-refractivity contribution in [3.63, 3.8) is 0 Å². The molecule has 4 heteroatoms. The van der Waals surface area contributed by atoms with E-state index >= 15 is 0 Å². The zero-order valence-corrected chi connectivity index (χ0v) is 19.1. The number of benzene rings is 2. The maximum Gasteiger partial charge on any atom is 0.161 e. The first-order chi connectivity index (χ1) is 15.0. The summed E-state index contributed by atoms with van der Waals surface area (Å²) in [5.74, 6) is 3.48. The lowest BCUT2D eigenvalue weighted by Crippen LogP contribution is -2.35. The first-order valence-electron chi connectivity index (χ1n) is 10.8. The average molecular weight is 418 g/mol. The Morgan fingerprint density at radius 3 is 2.45 bits per heavy atom. The van der Waals surface area contributed by atoms with E-state index in [-0.39, 0.29) is 6.04 Å². The van der Waals surface area contributed by atoms with Gasteiger partial charge in [0, 0.05) is 6.54 Å². The minimum atomic E-state index is 0.125. The Labute approximate surface area is 185 Å². The molecule has 162 valence electrons. The van der Waals surface area contributed by atoms with Crippen LogP contribution in [0.25, 0.3) is 5.57 Å². The van der Waals surface area contributed by atoms with E-state index in [9.17, 15) is 0 Å². The summed E-state index contributed by atoms with van der Waals surface area (Å²) in [5.41, 5.74) is 6.27. The van der Waals surface area contributed by atoms with Crippen LogP contribution < -0.4 is 9.47 Å². The van der Waals surface area contributed by atoms with Crippen molar-refractivity contribution < 1.29 is 13.9 Å². The SMILES string of the molecule is C/C=C(\C)c1ccc(CN2CCc3cc(OC)c(OC)cc3C2c2ccc(C)cc2)o1. The van der Waals surface area contributed by atoms with Crippen LogP contribution in [0.4, 0.5) is 0 Å². The van der Waals surface area contributed by atoms with Crippen molar-refractivity contribution >= 4 is 5.57 Å².